The van der Waals surface area contributed by atoms with Crippen molar-refractivity contribution in [3.8, 4) is 0 Å². The lowest BCUT2D eigenvalue weighted by Crippen LogP contribution is -2.43. The standard InChI is InChI=1S/C18H22F2N2O/c19-14-3-1-4-15(20)16(14)12-9-13(12)17(23)22-8-6-18(11-22)5-2-7-21-10-18/h1,3-4,12-13,21H,2,5-11H2/t12-,13-,18?/m1/s1. The molecule has 23 heavy (non-hydrogen) atoms. The predicted octanol–water partition coefficient (Wildman–Crippen LogP) is 2.67. The number of carbonyl (C=O) groups is 1. The Labute approximate surface area is 135 Å². The molecule has 2 aliphatic heterocycles. The van der Waals surface area contributed by atoms with Gasteiger partial charge in [0.25, 0.3) is 0 Å². The van der Waals surface area contributed by atoms with Gasteiger partial charge in [0.2, 0.25) is 5.91 Å². The zero-order chi connectivity index (χ0) is 16.0. The lowest BCUT2D eigenvalue weighted by atomic mass is 9.80. The van der Waals surface area contributed by atoms with E-state index in [1.165, 1.54) is 24.6 Å². The molecule has 1 spiro atoms. The summed E-state index contributed by atoms with van der Waals surface area (Å²) in [7, 11) is 0. The summed E-state index contributed by atoms with van der Waals surface area (Å²) in [6, 6.07) is 3.92. The third-order valence-corrected chi connectivity index (χ3v) is 5.79. The minimum absolute atomic E-state index is 0.0834. The topological polar surface area (TPSA) is 32.3 Å². The highest BCUT2D eigenvalue weighted by Gasteiger charge is 2.50. The van der Waals surface area contributed by atoms with E-state index in [0.29, 0.717) is 6.42 Å². The first-order valence-electron chi connectivity index (χ1n) is 8.53. The molecule has 1 aliphatic carbocycles. The average Bonchev–Trinajstić information content (AvgIpc) is 3.22. The molecule has 3 fully saturated rings. The van der Waals surface area contributed by atoms with Crippen LogP contribution >= 0.6 is 0 Å². The number of amides is 1. The number of carbonyl (C=O) groups excluding carboxylic acids is 1. The van der Waals surface area contributed by atoms with Gasteiger partial charge in [0, 0.05) is 42.4 Å². The summed E-state index contributed by atoms with van der Waals surface area (Å²) in [6.07, 6.45) is 3.93. The second-order valence-electron chi connectivity index (χ2n) is 7.37. The Kier molecular flexibility index (Phi) is 3.63. The fourth-order valence-electron chi connectivity index (χ4n) is 4.39. The summed E-state index contributed by atoms with van der Waals surface area (Å²) < 4.78 is 27.7. The van der Waals surface area contributed by atoms with Crippen molar-refractivity contribution in [3.63, 3.8) is 0 Å². The number of nitrogens with one attached hydrogen (secondary N) is 1. The minimum Gasteiger partial charge on any atom is -0.342 e. The molecule has 1 saturated carbocycles. The molecular weight excluding hydrogens is 298 g/mol. The summed E-state index contributed by atoms with van der Waals surface area (Å²) >= 11 is 0. The number of hydrogen-bond acceptors (Lipinski definition) is 2. The van der Waals surface area contributed by atoms with E-state index in [2.05, 4.69) is 5.32 Å². The molecule has 0 radical (unpaired) electrons. The van der Waals surface area contributed by atoms with E-state index >= 15 is 0 Å². The molecule has 2 saturated heterocycles. The number of benzene rings is 1. The number of likely N-dealkylation sites (tertiary alicyclic amines) is 1. The molecule has 1 amide bonds. The Morgan fingerprint density at radius 2 is 2.04 bits per heavy atom. The van der Waals surface area contributed by atoms with E-state index < -0.39 is 11.6 Å². The van der Waals surface area contributed by atoms with Crippen molar-refractivity contribution in [1.82, 2.24) is 10.2 Å². The summed E-state index contributed by atoms with van der Waals surface area (Å²) in [5.41, 5.74) is 0.320. The van der Waals surface area contributed by atoms with Gasteiger partial charge in [0.15, 0.2) is 0 Å². The van der Waals surface area contributed by atoms with Gasteiger partial charge in [0.05, 0.1) is 0 Å². The Morgan fingerprint density at radius 1 is 1.26 bits per heavy atom. The number of rotatable bonds is 2. The van der Waals surface area contributed by atoms with Crippen LogP contribution in [0.5, 0.6) is 0 Å². The normalized spacial score (nSPS) is 33.2. The summed E-state index contributed by atoms with van der Waals surface area (Å²) in [4.78, 5) is 14.6. The van der Waals surface area contributed by atoms with Crippen LogP contribution in [-0.4, -0.2) is 37.0 Å². The van der Waals surface area contributed by atoms with Gasteiger partial charge in [-0.05, 0) is 44.4 Å². The molecule has 1 aromatic rings. The highest BCUT2D eigenvalue weighted by atomic mass is 19.1. The highest BCUT2D eigenvalue weighted by Crippen LogP contribution is 2.51. The number of hydrogen-bond donors (Lipinski definition) is 1. The quantitative estimate of drug-likeness (QED) is 0.909. The van der Waals surface area contributed by atoms with Crippen LogP contribution in [0.25, 0.3) is 0 Å². The number of nitrogens with zero attached hydrogens (tertiary/aromatic N) is 1. The van der Waals surface area contributed by atoms with Crippen LogP contribution in [0, 0.1) is 23.0 Å². The number of piperidine rings is 1. The van der Waals surface area contributed by atoms with Crippen molar-refractivity contribution in [3.05, 3.63) is 35.4 Å². The van der Waals surface area contributed by atoms with Gasteiger partial charge in [-0.25, -0.2) is 8.78 Å². The highest BCUT2D eigenvalue weighted by molar-refractivity contribution is 5.83. The molecule has 0 aromatic heterocycles. The van der Waals surface area contributed by atoms with Gasteiger partial charge in [-0.3, -0.25) is 4.79 Å². The fraction of sp³-hybridized carbons (Fsp3) is 0.611. The maximum Gasteiger partial charge on any atom is 0.226 e. The van der Waals surface area contributed by atoms with E-state index in [-0.39, 0.29) is 28.7 Å². The Balaban J connectivity index is 1.44. The van der Waals surface area contributed by atoms with Crippen molar-refractivity contribution >= 4 is 5.91 Å². The van der Waals surface area contributed by atoms with Gasteiger partial charge in [0.1, 0.15) is 11.6 Å². The van der Waals surface area contributed by atoms with Crippen molar-refractivity contribution in [2.24, 2.45) is 11.3 Å². The van der Waals surface area contributed by atoms with Gasteiger partial charge in [-0.15, -0.1) is 0 Å². The first kappa shape index (κ1) is 15.1. The molecule has 124 valence electrons. The maximum atomic E-state index is 13.9. The van der Waals surface area contributed by atoms with Gasteiger partial charge in [-0.1, -0.05) is 6.07 Å². The lowest BCUT2D eigenvalue weighted by Gasteiger charge is -2.33. The van der Waals surface area contributed by atoms with Gasteiger partial charge >= 0.3 is 0 Å². The molecule has 1 unspecified atom stereocenters. The largest absolute Gasteiger partial charge is 0.342 e. The lowest BCUT2D eigenvalue weighted by molar-refractivity contribution is -0.132. The van der Waals surface area contributed by atoms with Gasteiger partial charge < -0.3 is 10.2 Å². The molecule has 1 aromatic carbocycles. The zero-order valence-corrected chi connectivity index (χ0v) is 13.2. The molecule has 5 heteroatoms. The second-order valence-corrected chi connectivity index (χ2v) is 7.37. The van der Waals surface area contributed by atoms with Crippen LogP contribution < -0.4 is 5.32 Å². The van der Waals surface area contributed by atoms with Crippen LogP contribution in [0.3, 0.4) is 0 Å². The predicted molar refractivity (Wildman–Crippen MR) is 82.9 cm³/mol. The average molecular weight is 320 g/mol. The smallest absolute Gasteiger partial charge is 0.226 e. The second kappa shape index (κ2) is 5.55. The third kappa shape index (κ3) is 2.65. The van der Waals surface area contributed by atoms with E-state index in [4.69, 9.17) is 0 Å². The van der Waals surface area contributed by atoms with E-state index in [0.717, 1.165) is 39.0 Å². The Morgan fingerprint density at radius 3 is 2.74 bits per heavy atom. The molecule has 3 aliphatic rings. The van der Waals surface area contributed by atoms with Crippen molar-refractivity contribution in [2.45, 2.75) is 31.6 Å². The first-order chi connectivity index (χ1) is 11.1. The van der Waals surface area contributed by atoms with Gasteiger partial charge in [-0.2, -0.15) is 0 Å². The van der Waals surface area contributed by atoms with Crippen LogP contribution in [0.4, 0.5) is 8.78 Å². The van der Waals surface area contributed by atoms with Crippen LogP contribution in [0.2, 0.25) is 0 Å². The summed E-state index contributed by atoms with van der Waals surface area (Å²) in [5, 5.41) is 3.43. The van der Waals surface area contributed by atoms with E-state index in [1.807, 2.05) is 4.90 Å². The summed E-state index contributed by atoms with van der Waals surface area (Å²) in [5.74, 6) is -1.50. The molecule has 3 atom stereocenters. The molecule has 1 N–H and O–H groups in total. The van der Waals surface area contributed by atoms with Crippen LogP contribution in [0.15, 0.2) is 18.2 Å². The molecule has 0 bridgehead atoms. The van der Waals surface area contributed by atoms with Crippen molar-refractivity contribution in [2.75, 3.05) is 26.2 Å². The third-order valence-electron chi connectivity index (χ3n) is 5.79. The van der Waals surface area contributed by atoms with Crippen molar-refractivity contribution in [1.29, 1.82) is 0 Å². The zero-order valence-electron chi connectivity index (χ0n) is 13.2. The molecule has 2 heterocycles. The molecular formula is C18H22F2N2O. The molecule has 4 rings (SSSR count). The minimum atomic E-state index is -0.528. The van der Waals surface area contributed by atoms with E-state index in [1.54, 1.807) is 0 Å². The maximum absolute atomic E-state index is 13.9. The monoisotopic (exact) mass is 320 g/mol. The van der Waals surface area contributed by atoms with Crippen LogP contribution in [0.1, 0.15) is 37.2 Å². The first-order valence-corrected chi connectivity index (χ1v) is 8.53. The Bertz CT molecular complexity index is 607. The molecule has 3 nitrogen and oxygen atoms in total. The SMILES string of the molecule is O=C([C@@H]1C[C@H]1c1c(F)cccc1F)N1CCC2(CCCNC2)C1. The summed E-state index contributed by atoms with van der Waals surface area (Å²) in [6.45, 7) is 3.62. The number of halogens is 2. The Hall–Kier alpha value is -1.49. The fourth-order valence-corrected chi connectivity index (χ4v) is 4.39. The van der Waals surface area contributed by atoms with Crippen LogP contribution in [-0.2, 0) is 4.79 Å². The van der Waals surface area contributed by atoms with Crippen molar-refractivity contribution < 1.29 is 13.6 Å². The van der Waals surface area contributed by atoms with E-state index in [9.17, 15) is 13.6 Å².